The van der Waals surface area contributed by atoms with E-state index in [0.717, 1.165) is 34.6 Å². The Balaban J connectivity index is 2.16. The average Bonchev–Trinajstić information content (AvgIpc) is 2.36. The molecule has 0 radical (unpaired) electrons. The first-order valence-electron chi connectivity index (χ1n) is 6.52. The Bertz CT molecular complexity index is 554. The Kier molecular flexibility index (Phi) is 4.61. The molecule has 0 saturated carbocycles. The first kappa shape index (κ1) is 14.1. The predicted molar refractivity (Wildman–Crippen MR) is 83.0 cm³/mol. The van der Waals surface area contributed by atoms with Crippen LogP contribution in [0.4, 0.5) is 5.69 Å². The summed E-state index contributed by atoms with van der Waals surface area (Å²) in [5, 5.41) is 5.38. The van der Waals surface area contributed by atoms with Crippen LogP contribution in [0.2, 0.25) is 5.02 Å². The maximum Gasteiger partial charge on any atom is 0.0737 e. The molecular formula is C15H20ClN3. The maximum atomic E-state index is 6.00. The molecular weight excluding hydrogens is 258 g/mol. The first-order valence-corrected chi connectivity index (χ1v) is 6.89. The van der Waals surface area contributed by atoms with Crippen molar-refractivity contribution in [3.05, 3.63) is 35.5 Å². The van der Waals surface area contributed by atoms with E-state index in [4.69, 9.17) is 11.6 Å². The molecule has 102 valence electrons. The first-order chi connectivity index (χ1) is 9.06. The monoisotopic (exact) mass is 277 g/mol. The van der Waals surface area contributed by atoms with Crippen molar-refractivity contribution in [2.24, 2.45) is 0 Å². The minimum Gasteiger partial charge on any atom is -0.382 e. The highest BCUT2D eigenvalue weighted by Crippen LogP contribution is 2.25. The molecule has 0 saturated heterocycles. The summed E-state index contributed by atoms with van der Waals surface area (Å²) >= 11 is 6.00. The SMILES string of the molecule is CC(CCN(C)C)Nc1ccnc2cc(Cl)ccc12. The number of hydrogen-bond donors (Lipinski definition) is 1. The molecule has 0 aliphatic rings. The molecule has 0 aliphatic heterocycles. The normalized spacial score (nSPS) is 12.9. The number of halogens is 1. The summed E-state index contributed by atoms with van der Waals surface area (Å²) in [6.45, 7) is 3.27. The Morgan fingerprint density at radius 3 is 2.84 bits per heavy atom. The van der Waals surface area contributed by atoms with E-state index in [1.165, 1.54) is 0 Å². The van der Waals surface area contributed by atoms with E-state index in [0.29, 0.717) is 6.04 Å². The zero-order chi connectivity index (χ0) is 13.8. The fourth-order valence-corrected chi connectivity index (χ4v) is 2.20. The topological polar surface area (TPSA) is 28.2 Å². The van der Waals surface area contributed by atoms with Crippen molar-refractivity contribution in [3.8, 4) is 0 Å². The van der Waals surface area contributed by atoms with Crippen LogP contribution >= 0.6 is 11.6 Å². The van der Waals surface area contributed by atoms with Crippen LogP contribution in [0.1, 0.15) is 13.3 Å². The highest BCUT2D eigenvalue weighted by atomic mass is 35.5. The van der Waals surface area contributed by atoms with E-state index < -0.39 is 0 Å². The quantitative estimate of drug-likeness (QED) is 0.904. The second-order valence-corrected chi connectivity index (χ2v) is 5.59. The number of benzene rings is 1. The Morgan fingerprint density at radius 1 is 1.32 bits per heavy atom. The second kappa shape index (κ2) is 6.22. The molecule has 1 heterocycles. The van der Waals surface area contributed by atoms with Crippen molar-refractivity contribution in [2.45, 2.75) is 19.4 Å². The van der Waals surface area contributed by atoms with Gasteiger partial charge in [-0.25, -0.2) is 0 Å². The summed E-state index contributed by atoms with van der Waals surface area (Å²) < 4.78 is 0. The van der Waals surface area contributed by atoms with Crippen LogP contribution in [0.3, 0.4) is 0 Å². The van der Waals surface area contributed by atoms with Gasteiger partial charge in [-0.05, 0) is 58.3 Å². The van der Waals surface area contributed by atoms with Gasteiger partial charge in [-0.1, -0.05) is 11.6 Å². The third kappa shape index (κ3) is 3.82. The highest BCUT2D eigenvalue weighted by Gasteiger charge is 2.06. The summed E-state index contributed by atoms with van der Waals surface area (Å²) in [5.41, 5.74) is 2.05. The molecule has 1 N–H and O–H groups in total. The Morgan fingerprint density at radius 2 is 2.11 bits per heavy atom. The average molecular weight is 278 g/mol. The third-order valence-corrected chi connectivity index (χ3v) is 3.35. The molecule has 2 rings (SSSR count). The molecule has 19 heavy (non-hydrogen) atoms. The van der Waals surface area contributed by atoms with Gasteiger partial charge in [-0.2, -0.15) is 0 Å². The number of anilines is 1. The molecule has 2 aromatic rings. The predicted octanol–water partition coefficient (Wildman–Crippen LogP) is 3.64. The number of aromatic nitrogens is 1. The zero-order valence-electron chi connectivity index (χ0n) is 11.7. The standard InChI is InChI=1S/C15H20ClN3/c1-11(7-9-19(2)3)18-14-6-8-17-15-10-12(16)4-5-13(14)15/h4-6,8,10-11H,7,9H2,1-3H3,(H,17,18). The zero-order valence-corrected chi connectivity index (χ0v) is 12.4. The molecule has 3 nitrogen and oxygen atoms in total. The fraction of sp³-hybridized carbons (Fsp3) is 0.400. The van der Waals surface area contributed by atoms with Gasteiger partial charge in [0.15, 0.2) is 0 Å². The number of fused-ring (bicyclic) bond motifs is 1. The summed E-state index contributed by atoms with van der Waals surface area (Å²) in [5.74, 6) is 0. The van der Waals surface area contributed by atoms with E-state index in [1.807, 2.05) is 30.5 Å². The lowest BCUT2D eigenvalue weighted by Gasteiger charge is -2.18. The molecule has 1 aromatic heterocycles. The largest absolute Gasteiger partial charge is 0.382 e. The maximum absolute atomic E-state index is 6.00. The van der Waals surface area contributed by atoms with Gasteiger partial charge in [0.05, 0.1) is 5.52 Å². The Labute approximate surface area is 119 Å². The van der Waals surface area contributed by atoms with E-state index in [9.17, 15) is 0 Å². The number of rotatable bonds is 5. The molecule has 1 unspecified atom stereocenters. The number of hydrogen-bond acceptors (Lipinski definition) is 3. The number of nitrogens with one attached hydrogen (secondary N) is 1. The van der Waals surface area contributed by atoms with Crippen LogP contribution in [0.5, 0.6) is 0 Å². The van der Waals surface area contributed by atoms with Gasteiger partial charge in [0.1, 0.15) is 0 Å². The third-order valence-electron chi connectivity index (χ3n) is 3.12. The van der Waals surface area contributed by atoms with Crippen molar-refractivity contribution >= 4 is 28.2 Å². The molecule has 4 heteroatoms. The van der Waals surface area contributed by atoms with Crippen LogP contribution in [0, 0.1) is 0 Å². The van der Waals surface area contributed by atoms with Crippen molar-refractivity contribution < 1.29 is 0 Å². The molecule has 1 atom stereocenters. The van der Waals surface area contributed by atoms with Crippen molar-refractivity contribution in [1.29, 1.82) is 0 Å². The molecule has 0 amide bonds. The van der Waals surface area contributed by atoms with Crippen LogP contribution in [0.25, 0.3) is 10.9 Å². The minimum atomic E-state index is 0.420. The van der Waals surface area contributed by atoms with Gasteiger partial charge < -0.3 is 10.2 Å². The van der Waals surface area contributed by atoms with Crippen LogP contribution in [-0.4, -0.2) is 36.6 Å². The van der Waals surface area contributed by atoms with Gasteiger partial charge in [0.25, 0.3) is 0 Å². The summed E-state index contributed by atoms with van der Waals surface area (Å²) in [7, 11) is 4.19. The van der Waals surface area contributed by atoms with Gasteiger partial charge in [-0.15, -0.1) is 0 Å². The van der Waals surface area contributed by atoms with Crippen LogP contribution in [-0.2, 0) is 0 Å². The fourth-order valence-electron chi connectivity index (χ4n) is 2.04. The van der Waals surface area contributed by atoms with Gasteiger partial charge in [0, 0.05) is 28.3 Å². The van der Waals surface area contributed by atoms with Crippen LogP contribution in [0.15, 0.2) is 30.5 Å². The molecule has 0 spiro atoms. The van der Waals surface area contributed by atoms with Crippen molar-refractivity contribution in [1.82, 2.24) is 9.88 Å². The number of nitrogens with zero attached hydrogens (tertiary/aromatic N) is 2. The lowest BCUT2D eigenvalue weighted by Crippen LogP contribution is -2.23. The number of pyridine rings is 1. The van der Waals surface area contributed by atoms with Gasteiger partial charge in [-0.3, -0.25) is 4.98 Å². The van der Waals surface area contributed by atoms with Crippen molar-refractivity contribution in [2.75, 3.05) is 26.0 Å². The van der Waals surface area contributed by atoms with Gasteiger partial charge in [0.2, 0.25) is 0 Å². The smallest absolute Gasteiger partial charge is 0.0737 e. The van der Waals surface area contributed by atoms with Crippen molar-refractivity contribution in [3.63, 3.8) is 0 Å². The molecule has 0 bridgehead atoms. The molecule has 0 aliphatic carbocycles. The van der Waals surface area contributed by atoms with Gasteiger partial charge >= 0.3 is 0 Å². The second-order valence-electron chi connectivity index (χ2n) is 5.16. The summed E-state index contributed by atoms with van der Waals surface area (Å²) in [6, 6.07) is 8.26. The minimum absolute atomic E-state index is 0.420. The van der Waals surface area contributed by atoms with E-state index in [-0.39, 0.29) is 0 Å². The molecule has 0 fully saturated rings. The van der Waals surface area contributed by atoms with Crippen LogP contribution < -0.4 is 5.32 Å². The summed E-state index contributed by atoms with van der Waals surface area (Å²) in [4.78, 5) is 6.55. The van der Waals surface area contributed by atoms with E-state index in [1.54, 1.807) is 0 Å². The van der Waals surface area contributed by atoms with E-state index in [2.05, 4.69) is 36.2 Å². The lowest BCUT2D eigenvalue weighted by molar-refractivity contribution is 0.390. The lowest BCUT2D eigenvalue weighted by atomic mass is 10.1. The highest BCUT2D eigenvalue weighted by molar-refractivity contribution is 6.31. The van der Waals surface area contributed by atoms with E-state index >= 15 is 0 Å². The summed E-state index contributed by atoms with van der Waals surface area (Å²) in [6.07, 6.45) is 2.92. The Hall–Kier alpha value is -1.32. The molecule has 1 aromatic carbocycles.